The molecule has 0 saturated heterocycles. The standard InChI is InChI=1S/C14H24O2S/c1-11(2)12-6-7-13(17-12)14(3,4)10-16-9-8-15-5/h6-7,11H,8-10H2,1-5H3. The van der Waals surface area contributed by atoms with Crippen LogP contribution in [0.3, 0.4) is 0 Å². The first-order valence-corrected chi connectivity index (χ1v) is 6.96. The van der Waals surface area contributed by atoms with E-state index in [4.69, 9.17) is 9.47 Å². The van der Waals surface area contributed by atoms with E-state index in [0.717, 1.165) is 6.61 Å². The van der Waals surface area contributed by atoms with Crippen LogP contribution in [0.1, 0.15) is 43.4 Å². The third-order valence-electron chi connectivity index (χ3n) is 2.76. The monoisotopic (exact) mass is 256 g/mol. The highest BCUT2D eigenvalue weighted by atomic mass is 32.1. The summed E-state index contributed by atoms with van der Waals surface area (Å²) in [5.74, 6) is 0.610. The van der Waals surface area contributed by atoms with Gasteiger partial charge in [-0.05, 0) is 18.1 Å². The van der Waals surface area contributed by atoms with E-state index in [-0.39, 0.29) is 5.41 Å². The van der Waals surface area contributed by atoms with E-state index < -0.39 is 0 Å². The van der Waals surface area contributed by atoms with Crippen LogP contribution in [0.25, 0.3) is 0 Å². The minimum absolute atomic E-state index is 0.0888. The Kier molecular flexibility index (Phi) is 5.63. The molecule has 0 radical (unpaired) electrons. The van der Waals surface area contributed by atoms with Crippen molar-refractivity contribution < 1.29 is 9.47 Å². The first-order valence-electron chi connectivity index (χ1n) is 6.14. The number of hydrogen-bond acceptors (Lipinski definition) is 3. The number of hydrogen-bond donors (Lipinski definition) is 0. The van der Waals surface area contributed by atoms with Crippen LogP contribution >= 0.6 is 11.3 Å². The molecule has 2 nitrogen and oxygen atoms in total. The van der Waals surface area contributed by atoms with E-state index in [1.165, 1.54) is 9.75 Å². The van der Waals surface area contributed by atoms with Crippen LogP contribution < -0.4 is 0 Å². The highest BCUT2D eigenvalue weighted by Gasteiger charge is 2.23. The van der Waals surface area contributed by atoms with Crippen LogP contribution in [0.15, 0.2) is 12.1 Å². The maximum Gasteiger partial charge on any atom is 0.0700 e. The molecule has 0 unspecified atom stereocenters. The van der Waals surface area contributed by atoms with E-state index in [0.29, 0.717) is 19.1 Å². The molecule has 0 aromatic carbocycles. The van der Waals surface area contributed by atoms with E-state index in [2.05, 4.69) is 39.8 Å². The van der Waals surface area contributed by atoms with Gasteiger partial charge < -0.3 is 9.47 Å². The fourth-order valence-electron chi connectivity index (χ4n) is 1.57. The maximum atomic E-state index is 5.64. The zero-order chi connectivity index (χ0) is 12.9. The fraction of sp³-hybridized carbons (Fsp3) is 0.714. The summed E-state index contributed by atoms with van der Waals surface area (Å²) in [5.41, 5.74) is 0.0888. The van der Waals surface area contributed by atoms with Crippen molar-refractivity contribution >= 4 is 11.3 Å². The molecular weight excluding hydrogens is 232 g/mol. The van der Waals surface area contributed by atoms with Crippen molar-refractivity contribution in [2.75, 3.05) is 26.9 Å². The van der Waals surface area contributed by atoms with Crippen LogP contribution in [0, 0.1) is 0 Å². The zero-order valence-corrected chi connectivity index (χ0v) is 12.4. The third kappa shape index (κ3) is 4.41. The quantitative estimate of drug-likeness (QED) is 0.691. The van der Waals surface area contributed by atoms with E-state index >= 15 is 0 Å². The molecule has 0 N–H and O–H groups in total. The van der Waals surface area contributed by atoms with Crippen LogP contribution in [0.4, 0.5) is 0 Å². The van der Waals surface area contributed by atoms with Crippen molar-refractivity contribution in [3.05, 3.63) is 21.9 Å². The normalized spacial score (nSPS) is 12.4. The van der Waals surface area contributed by atoms with Gasteiger partial charge in [0.05, 0.1) is 19.8 Å². The Balaban J connectivity index is 2.55. The molecule has 0 atom stereocenters. The average molecular weight is 256 g/mol. The third-order valence-corrected chi connectivity index (χ3v) is 4.51. The van der Waals surface area contributed by atoms with Crippen molar-refractivity contribution in [1.82, 2.24) is 0 Å². The number of ether oxygens (including phenoxy) is 2. The van der Waals surface area contributed by atoms with E-state index in [1.807, 2.05) is 11.3 Å². The molecule has 0 amide bonds. The summed E-state index contributed by atoms with van der Waals surface area (Å²) in [6, 6.07) is 4.47. The Morgan fingerprint density at radius 2 is 1.94 bits per heavy atom. The predicted octanol–water partition coefficient (Wildman–Crippen LogP) is 3.81. The topological polar surface area (TPSA) is 18.5 Å². The van der Waals surface area contributed by atoms with Crippen molar-refractivity contribution in [2.24, 2.45) is 0 Å². The molecule has 0 saturated carbocycles. The Hall–Kier alpha value is -0.380. The number of methoxy groups -OCH3 is 1. The second-order valence-electron chi connectivity index (χ2n) is 5.29. The second-order valence-corrected chi connectivity index (χ2v) is 6.40. The molecule has 1 heterocycles. The van der Waals surface area contributed by atoms with Gasteiger partial charge in [0.2, 0.25) is 0 Å². The van der Waals surface area contributed by atoms with Gasteiger partial charge in [-0.3, -0.25) is 0 Å². The van der Waals surface area contributed by atoms with Crippen LogP contribution in [-0.4, -0.2) is 26.9 Å². The van der Waals surface area contributed by atoms with Gasteiger partial charge in [-0.15, -0.1) is 11.3 Å². The SMILES string of the molecule is COCCOCC(C)(C)c1ccc(C(C)C)s1. The van der Waals surface area contributed by atoms with Gasteiger partial charge in [0, 0.05) is 22.3 Å². The molecule has 0 fully saturated rings. The Morgan fingerprint density at radius 1 is 1.24 bits per heavy atom. The summed E-state index contributed by atoms with van der Waals surface area (Å²) in [4.78, 5) is 2.85. The summed E-state index contributed by atoms with van der Waals surface area (Å²) < 4.78 is 10.6. The van der Waals surface area contributed by atoms with Gasteiger partial charge >= 0.3 is 0 Å². The van der Waals surface area contributed by atoms with Crippen molar-refractivity contribution in [3.8, 4) is 0 Å². The lowest BCUT2D eigenvalue weighted by molar-refractivity contribution is 0.0491. The van der Waals surface area contributed by atoms with Gasteiger partial charge in [0.25, 0.3) is 0 Å². The Labute approximate surface area is 109 Å². The molecule has 1 aromatic rings. The molecule has 3 heteroatoms. The van der Waals surface area contributed by atoms with Gasteiger partial charge in [0.15, 0.2) is 0 Å². The first-order chi connectivity index (χ1) is 7.97. The summed E-state index contributed by atoms with van der Waals surface area (Å²) in [7, 11) is 1.70. The van der Waals surface area contributed by atoms with Crippen LogP contribution in [0.5, 0.6) is 0 Å². The second kappa shape index (κ2) is 6.53. The Morgan fingerprint density at radius 3 is 2.47 bits per heavy atom. The molecule has 0 aliphatic rings. The minimum Gasteiger partial charge on any atom is -0.382 e. The minimum atomic E-state index is 0.0888. The number of thiophene rings is 1. The lowest BCUT2D eigenvalue weighted by Gasteiger charge is -2.23. The summed E-state index contributed by atoms with van der Waals surface area (Å²) in [6.07, 6.45) is 0. The molecule has 1 rings (SSSR count). The van der Waals surface area contributed by atoms with Gasteiger partial charge in [0.1, 0.15) is 0 Å². The molecule has 0 spiro atoms. The lowest BCUT2D eigenvalue weighted by atomic mass is 9.93. The molecule has 0 aliphatic carbocycles. The van der Waals surface area contributed by atoms with Gasteiger partial charge in [-0.25, -0.2) is 0 Å². The van der Waals surface area contributed by atoms with Gasteiger partial charge in [-0.2, -0.15) is 0 Å². The van der Waals surface area contributed by atoms with Gasteiger partial charge in [-0.1, -0.05) is 27.7 Å². The highest BCUT2D eigenvalue weighted by molar-refractivity contribution is 7.12. The summed E-state index contributed by atoms with van der Waals surface area (Å²) in [5, 5.41) is 0. The average Bonchev–Trinajstić information content (AvgIpc) is 2.74. The predicted molar refractivity (Wildman–Crippen MR) is 74.1 cm³/mol. The van der Waals surface area contributed by atoms with Crippen LogP contribution in [0.2, 0.25) is 0 Å². The molecule has 17 heavy (non-hydrogen) atoms. The van der Waals surface area contributed by atoms with E-state index in [9.17, 15) is 0 Å². The smallest absolute Gasteiger partial charge is 0.0700 e. The van der Waals surface area contributed by atoms with E-state index in [1.54, 1.807) is 7.11 Å². The lowest BCUT2D eigenvalue weighted by Crippen LogP contribution is -2.24. The molecular formula is C14H24O2S. The van der Waals surface area contributed by atoms with Crippen LogP contribution in [-0.2, 0) is 14.9 Å². The fourth-order valence-corrected chi connectivity index (χ4v) is 2.66. The zero-order valence-electron chi connectivity index (χ0n) is 11.6. The first kappa shape index (κ1) is 14.7. The van der Waals surface area contributed by atoms with Crippen molar-refractivity contribution in [2.45, 2.75) is 39.0 Å². The summed E-state index contributed by atoms with van der Waals surface area (Å²) in [6.45, 7) is 11.0. The molecule has 0 bridgehead atoms. The summed E-state index contributed by atoms with van der Waals surface area (Å²) >= 11 is 1.90. The highest BCUT2D eigenvalue weighted by Crippen LogP contribution is 2.33. The molecule has 98 valence electrons. The van der Waals surface area contributed by atoms with Crippen molar-refractivity contribution in [3.63, 3.8) is 0 Å². The molecule has 0 aliphatic heterocycles. The van der Waals surface area contributed by atoms with Crippen molar-refractivity contribution in [1.29, 1.82) is 0 Å². The largest absolute Gasteiger partial charge is 0.382 e. The molecule has 1 aromatic heterocycles. The Bertz CT molecular complexity index is 329. The maximum absolute atomic E-state index is 5.64. The number of rotatable bonds is 7.